The number of nitrogens with zero attached hydrogens (tertiary/aromatic N) is 2. The molecule has 0 saturated carbocycles. The highest BCUT2D eigenvalue weighted by Crippen LogP contribution is 2.22. The fraction of sp³-hybridized carbons (Fsp3) is 0.0625. The monoisotopic (exact) mass is 308 g/mol. The van der Waals surface area contributed by atoms with Crippen molar-refractivity contribution in [1.82, 2.24) is 19.9 Å². The highest BCUT2D eigenvalue weighted by molar-refractivity contribution is 7.08. The minimum Gasteiger partial charge on any atom is -0.339 e. The minimum atomic E-state index is -0.188. The van der Waals surface area contributed by atoms with Crippen LogP contribution in [0.25, 0.3) is 22.3 Å². The summed E-state index contributed by atoms with van der Waals surface area (Å²) in [6.07, 6.45) is 2.05. The van der Waals surface area contributed by atoms with Crippen LogP contribution in [0.2, 0.25) is 0 Å². The van der Waals surface area contributed by atoms with E-state index in [1.54, 1.807) is 11.3 Å². The fourth-order valence-corrected chi connectivity index (χ4v) is 3.07. The van der Waals surface area contributed by atoms with Crippen molar-refractivity contribution in [3.63, 3.8) is 0 Å². The van der Waals surface area contributed by atoms with Gasteiger partial charge in [-0.2, -0.15) is 11.3 Å². The molecule has 3 aromatic heterocycles. The quantitative estimate of drug-likeness (QED) is 0.611. The predicted molar refractivity (Wildman–Crippen MR) is 87.1 cm³/mol. The zero-order valence-electron chi connectivity index (χ0n) is 11.5. The van der Waals surface area contributed by atoms with E-state index in [2.05, 4.69) is 61.0 Å². The van der Waals surface area contributed by atoms with E-state index in [4.69, 9.17) is 0 Å². The van der Waals surface area contributed by atoms with Crippen molar-refractivity contribution in [1.29, 1.82) is 0 Å². The predicted octanol–water partition coefficient (Wildman–Crippen LogP) is 2.97. The molecule has 5 nitrogen and oxygen atoms in total. The lowest BCUT2D eigenvalue weighted by Crippen LogP contribution is -2.12. The van der Waals surface area contributed by atoms with Crippen LogP contribution in [0, 0.1) is 0 Å². The summed E-state index contributed by atoms with van der Waals surface area (Å²) in [6, 6.07) is 10.4. The number of thiophene rings is 1. The molecule has 2 N–H and O–H groups in total. The topological polar surface area (TPSA) is 74.4 Å². The van der Waals surface area contributed by atoms with Crippen LogP contribution in [0.15, 0.2) is 52.2 Å². The number of aromatic nitrogens is 4. The van der Waals surface area contributed by atoms with E-state index < -0.39 is 0 Å². The summed E-state index contributed by atoms with van der Waals surface area (Å²) < 4.78 is 0. The van der Waals surface area contributed by atoms with Crippen molar-refractivity contribution in [2.75, 3.05) is 0 Å². The van der Waals surface area contributed by atoms with Gasteiger partial charge in [0.15, 0.2) is 11.2 Å². The van der Waals surface area contributed by atoms with Crippen molar-refractivity contribution >= 4 is 22.5 Å². The first-order valence-electron chi connectivity index (χ1n) is 6.83. The molecule has 1 aromatic carbocycles. The summed E-state index contributed by atoms with van der Waals surface area (Å²) in [7, 11) is 0. The van der Waals surface area contributed by atoms with Gasteiger partial charge in [-0.15, -0.1) is 0 Å². The Morgan fingerprint density at radius 2 is 1.95 bits per heavy atom. The number of benzene rings is 1. The average molecular weight is 308 g/mol. The summed E-state index contributed by atoms with van der Waals surface area (Å²) in [6.45, 7) is 0. The van der Waals surface area contributed by atoms with E-state index in [0.717, 1.165) is 5.56 Å². The van der Waals surface area contributed by atoms with Crippen LogP contribution in [0.1, 0.15) is 11.4 Å². The molecule has 0 amide bonds. The summed E-state index contributed by atoms with van der Waals surface area (Å²) in [4.78, 5) is 25.9. The number of nitrogens with one attached hydrogen (secondary N) is 2. The van der Waals surface area contributed by atoms with Gasteiger partial charge in [0, 0.05) is 6.42 Å². The molecule has 0 atom stereocenters. The Balaban J connectivity index is 1.63. The molecule has 0 saturated heterocycles. The summed E-state index contributed by atoms with van der Waals surface area (Å²) >= 11 is 1.69. The second-order valence-corrected chi connectivity index (χ2v) is 5.78. The van der Waals surface area contributed by atoms with Crippen LogP contribution < -0.4 is 5.56 Å². The second kappa shape index (κ2) is 5.23. The Hall–Kier alpha value is -2.73. The van der Waals surface area contributed by atoms with E-state index in [1.165, 1.54) is 17.5 Å². The fourth-order valence-electron chi connectivity index (χ4n) is 2.41. The molecule has 0 aliphatic heterocycles. The molecule has 0 radical (unpaired) electrons. The van der Waals surface area contributed by atoms with Gasteiger partial charge in [0.2, 0.25) is 0 Å². The highest BCUT2D eigenvalue weighted by Gasteiger charge is 2.07. The summed E-state index contributed by atoms with van der Waals surface area (Å²) in [5.74, 6) is 0.618. The zero-order chi connectivity index (χ0) is 14.9. The number of aromatic amines is 2. The highest BCUT2D eigenvalue weighted by atomic mass is 32.1. The van der Waals surface area contributed by atoms with E-state index in [0.29, 0.717) is 23.4 Å². The van der Waals surface area contributed by atoms with E-state index in [9.17, 15) is 4.79 Å². The SMILES string of the molecule is O=c1[nH]c(Cc2ccc(-c3ccsc3)cc2)nc2nc[nH]c12. The van der Waals surface area contributed by atoms with E-state index in [-0.39, 0.29) is 5.56 Å². The maximum absolute atomic E-state index is 11.9. The van der Waals surface area contributed by atoms with Crippen molar-refractivity contribution in [3.05, 3.63) is 69.2 Å². The van der Waals surface area contributed by atoms with Crippen molar-refractivity contribution in [3.8, 4) is 11.1 Å². The lowest BCUT2D eigenvalue weighted by atomic mass is 10.1. The molecule has 3 heterocycles. The third-order valence-corrected chi connectivity index (χ3v) is 4.21. The third kappa shape index (κ3) is 2.33. The molecule has 108 valence electrons. The molecule has 0 aliphatic carbocycles. The first-order valence-corrected chi connectivity index (χ1v) is 7.78. The zero-order valence-corrected chi connectivity index (χ0v) is 12.4. The van der Waals surface area contributed by atoms with Gasteiger partial charge in [-0.05, 0) is 33.5 Å². The largest absolute Gasteiger partial charge is 0.339 e. The van der Waals surface area contributed by atoms with Gasteiger partial charge in [-0.3, -0.25) is 4.79 Å². The molecular formula is C16H12N4OS. The molecule has 0 aliphatic rings. The Kier molecular flexibility index (Phi) is 3.08. The number of fused-ring (bicyclic) bond motifs is 1. The molecular weight excluding hydrogens is 296 g/mol. The Labute approximate surface area is 129 Å². The number of H-pyrrole nitrogens is 2. The third-order valence-electron chi connectivity index (χ3n) is 3.53. The smallest absolute Gasteiger partial charge is 0.276 e. The van der Waals surface area contributed by atoms with Gasteiger partial charge in [0.1, 0.15) is 5.82 Å². The number of rotatable bonds is 3. The molecule has 0 unspecified atom stereocenters. The lowest BCUT2D eigenvalue weighted by molar-refractivity contribution is 0.967. The second-order valence-electron chi connectivity index (χ2n) is 5.00. The first-order chi connectivity index (χ1) is 10.8. The van der Waals surface area contributed by atoms with Crippen LogP contribution >= 0.6 is 11.3 Å². The maximum Gasteiger partial charge on any atom is 0.276 e. The van der Waals surface area contributed by atoms with Crippen LogP contribution in [-0.4, -0.2) is 19.9 Å². The lowest BCUT2D eigenvalue weighted by Gasteiger charge is -2.03. The van der Waals surface area contributed by atoms with Crippen LogP contribution in [0.3, 0.4) is 0 Å². The normalized spacial score (nSPS) is 11.1. The van der Waals surface area contributed by atoms with E-state index in [1.807, 2.05) is 0 Å². The number of imidazole rings is 1. The minimum absolute atomic E-state index is 0.188. The molecule has 0 spiro atoms. The van der Waals surface area contributed by atoms with Crippen molar-refractivity contribution in [2.24, 2.45) is 0 Å². The van der Waals surface area contributed by atoms with Crippen molar-refractivity contribution < 1.29 is 0 Å². The molecule has 22 heavy (non-hydrogen) atoms. The van der Waals surface area contributed by atoms with Crippen LogP contribution in [0.4, 0.5) is 0 Å². The summed E-state index contributed by atoms with van der Waals surface area (Å²) in [5.41, 5.74) is 4.19. The number of hydrogen-bond acceptors (Lipinski definition) is 4. The van der Waals surface area contributed by atoms with Crippen LogP contribution in [-0.2, 0) is 6.42 Å². The Morgan fingerprint density at radius 3 is 2.73 bits per heavy atom. The van der Waals surface area contributed by atoms with Gasteiger partial charge in [0.05, 0.1) is 6.33 Å². The van der Waals surface area contributed by atoms with Gasteiger partial charge in [0.25, 0.3) is 5.56 Å². The molecule has 4 rings (SSSR count). The number of hydrogen-bond donors (Lipinski definition) is 2. The molecule has 6 heteroatoms. The van der Waals surface area contributed by atoms with E-state index >= 15 is 0 Å². The first kappa shape index (κ1) is 13.0. The van der Waals surface area contributed by atoms with Crippen LogP contribution in [0.5, 0.6) is 0 Å². The summed E-state index contributed by atoms with van der Waals surface area (Å²) in [5, 5.41) is 4.19. The Morgan fingerprint density at radius 1 is 1.09 bits per heavy atom. The van der Waals surface area contributed by atoms with Gasteiger partial charge < -0.3 is 9.97 Å². The Bertz CT molecular complexity index is 967. The van der Waals surface area contributed by atoms with Gasteiger partial charge in [-0.25, -0.2) is 9.97 Å². The molecule has 4 aromatic rings. The van der Waals surface area contributed by atoms with Gasteiger partial charge in [-0.1, -0.05) is 24.3 Å². The van der Waals surface area contributed by atoms with Gasteiger partial charge >= 0.3 is 0 Å². The molecule has 0 bridgehead atoms. The average Bonchev–Trinajstić information content (AvgIpc) is 3.19. The standard InChI is InChI=1S/C16H12N4OS/c21-16-14-15(18-9-17-14)19-13(20-16)7-10-1-3-11(4-2-10)12-5-6-22-8-12/h1-6,8-9H,7H2,(H2,17,18,19,20,21). The maximum atomic E-state index is 11.9. The molecule has 0 fully saturated rings. The van der Waals surface area contributed by atoms with Crippen molar-refractivity contribution in [2.45, 2.75) is 6.42 Å².